The number of amides is 1. The molecule has 2 rings (SSSR count). The maximum absolute atomic E-state index is 11.3. The van der Waals surface area contributed by atoms with Gasteiger partial charge in [0.2, 0.25) is 11.8 Å². The van der Waals surface area contributed by atoms with Crippen LogP contribution in [0.3, 0.4) is 0 Å². The Morgan fingerprint density at radius 3 is 2.56 bits per heavy atom. The van der Waals surface area contributed by atoms with Crippen molar-refractivity contribution < 1.29 is 9.59 Å². The van der Waals surface area contributed by atoms with Crippen LogP contribution in [0.4, 0.5) is 5.69 Å². The zero-order chi connectivity index (χ0) is 11.7. The normalized spacial score (nSPS) is 10.4. The summed E-state index contributed by atoms with van der Waals surface area (Å²) >= 11 is 0. The highest BCUT2D eigenvalue weighted by molar-refractivity contribution is 5.96. The van der Waals surface area contributed by atoms with Gasteiger partial charge in [-0.3, -0.25) is 14.2 Å². The van der Waals surface area contributed by atoms with Crippen LogP contribution in [0.5, 0.6) is 0 Å². The average Bonchev–Trinajstić information content (AvgIpc) is 2.59. The molecule has 1 N–H and O–H groups in total. The molecule has 1 aromatic heterocycles. The summed E-state index contributed by atoms with van der Waals surface area (Å²) in [5.41, 5.74) is 1.50. The van der Waals surface area contributed by atoms with Gasteiger partial charge in [-0.2, -0.15) is 0 Å². The molecule has 0 aliphatic rings. The van der Waals surface area contributed by atoms with Gasteiger partial charge in [0.05, 0.1) is 5.52 Å². The molecule has 2 aromatic rings. The summed E-state index contributed by atoms with van der Waals surface area (Å²) in [7, 11) is 0. The molecule has 0 unspecified atom stereocenters. The molecule has 1 heterocycles. The van der Waals surface area contributed by atoms with Gasteiger partial charge in [-0.05, 0) is 18.2 Å². The molecule has 0 aliphatic heterocycles. The van der Waals surface area contributed by atoms with E-state index in [1.165, 1.54) is 13.8 Å². The molecule has 0 radical (unpaired) electrons. The third-order valence-corrected chi connectivity index (χ3v) is 2.35. The molecule has 0 aliphatic carbocycles. The number of nitrogens with zero attached hydrogens (tertiary/aromatic N) is 1. The van der Waals surface area contributed by atoms with E-state index >= 15 is 0 Å². The van der Waals surface area contributed by atoms with Crippen LogP contribution in [0.1, 0.15) is 18.6 Å². The van der Waals surface area contributed by atoms with Gasteiger partial charge in [0.25, 0.3) is 0 Å². The fraction of sp³-hybridized carbons (Fsp3) is 0.167. The first kappa shape index (κ1) is 10.4. The molecule has 0 saturated heterocycles. The van der Waals surface area contributed by atoms with Crippen molar-refractivity contribution in [1.82, 2.24) is 4.57 Å². The van der Waals surface area contributed by atoms with Crippen LogP contribution in [0.25, 0.3) is 10.9 Å². The van der Waals surface area contributed by atoms with Crippen LogP contribution in [0, 0.1) is 0 Å². The second-order valence-corrected chi connectivity index (χ2v) is 3.66. The smallest absolute Gasteiger partial charge is 0.227 e. The number of benzene rings is 1. The lowest BCUT2D eigenvalue weighted by Gasteiger charge is -2.04. The molecule has 4 nitrogen and oxygen atoms in total. The van der Waals surface area contributed by atoms with Crippen LogP contribution in [0.2, 0.25) is 0 Å². The number of rotatable bonds is 1. The van der Waals surface area contributed by atoms with Crippen molar-refractivity contribution in [3.8, 4) is 0 Å². The highest BCUT2D eigenvalue weighted by Gasteiger charge is 2.05. The Balaban J connectivity index is 2.54. The Labute approximate surface area is 92.9 Å². The fourth-order valence-electron chi connectivity index (χ4n) is 1.68. The molecular formula is C12H12N2O2. The topological polar surface area (TPSA) is 51.1 Å². The summed E-state index contributed by atoms with van der Waals surface area (Å²) in [4.78, 5) is 22.3. The quantitative estimate of drug-likeness (QED) is 0.794. The van der Waals surface area contributed by atoms with E-state index in [4.69, 9.17) is 0 Å². The third-order valence-electron chi connectivity index (χ3n) is 2.35. The maximum Gasteiger partial charge on any atom is 0.227 e. The summed E-state index contributed by atoms with van der Waals surface area (Å²) in [6.45, 7) is 2.96. The van der Waals surface area contributed by atoms with E-state index < -0.39 is 0 Å². The first-order valence-corrected chi connectivity index (χ1v) is 4.97. The van der Waals surface area contributed by atoms with Crippen LogP contribution in [-0.2, 0) is 4.79 Å². The van der Waals surface area contributed by atoms with Crippen LogP contribution < -0.4 is 5.32 Å². The van der Waals surface area contributed by atoms with Gasteiger partial charge < -0.3 is 5.32 Å². The molecule has 4 heteroatoms. The Bertz CT molecular complexity index is 569. The first-order valence-electron chi connectivity index (χ1n) is 4.97. The van der Waals surface area contributed by atoms with E-state index in [0.717, 1.165) is 10.9 Å². The summed E-state index contributed by atoms with van der Waals surface area (Å²) in [6, 6.07) is 7.35. The Morgan fingerprint density at radius 1 is 1.19 bits per heavy atom. The lowest BCUT2D eigenvalue weighted by atomic mass is 10.2. The number of anilines is 1. The lowest BCUT2D eigenvalue weighted by Crippen LogP contribution is -2.06. The van der Waals surface area contributed by atoms with E-state index in [-0.39, 0.29) is 11.8 Å². The van der Waals surface area contributed by atoms with Gasteiger partial charge in [0.1, 0.15) is 0 Å². The minimum Gasteiger partial charge on any atom is -0.326 e. The second-order valence-electron chi connectivity index (χ2n) is 3.66. The van der Waals surface area contributed by atoms with Gasteiger partial charge >= 0.3 is 0 Å². The van der Waals surface area contributed by atoms with Crippen molar-refractivity contribution in [2.45, 2.75) is 13.8 Å². The Morgan fingerprint density at radius 2 is 1.94 bits per heavy atom. The van der Waals surface area contributed by atoms with Crippen molar-refractivity contribution in [2.75, 3.05) is 5.32 Å². The van der Waals surface area contributed by atoms with Crippen LogP contribution in [-0.4, -0.2) is 16.4 Å². The van der Waals surface area contributed by atoms with Gasteiger partial charge in [-0.15, -0.1) is 0 Å². The summed E-state index contributed by atoms with van der Waals surface area (Å²) in [5, 5.41) is 3.67. The van der Waals surface area contributed by atoms with E-state index in [2.05, 4.69) is 5.32 Å². The van der Waals surface area contributed by atoms with Gasteiger partial charge in [0.15, 0.2) is 0 Å². The predicted octanol–water partition coefficient (Wildman–Crippen LogP) is 2.26. The minimum atomic E-state index is -0.125. The number of hydrogen-bond acceptors (Lipinski definition) is 2. The van der Waals surface area contributed by atoms with Crippen molar-refractivity contribution in [2.24, 2.45) is 0 Å². The zero-order valence-corrected chi connectivity index (χ0v) is 9.15. The number of carbonyl (C=O) groups is 2. The first-order chi connectivity index (χ1) is 7.58. The largest absolute Gasteiger partial charge is 0.326 e. The molecule has 16 heavy (non-hydrogen) atoms. The molecule has 0 spiro atoms. The predicted molar refractivity (Wildman–Crippen MR) is 62.5 cm³/mol. The minimum absolute atomic E-state index is 0.0463. The van der Waals surface area contributed by atoms with E-state index in [9.17, 15) is 9.59 Å². The summed E-state index contributed by atoms with van der Waals surface area (Å²) in [6.07, 6.45) is 1.73. The van der Waals surface area contributed by atoms with Crippen LogP contribution >= 0.6 is 0 Å². The molecule has 82 valence electrons. The molecule has 1 aromatic carbocycles. The van der Waals surface area contributed by atoms with E-state index in [0.29, 0.717) is 5.69 Å². The summed E-state index contributed by atoms with van der Waals surface area (Å²) in [5.74, 6) is -0.171. The molecule has 0 bridgehead atoms. The second kappa shape index (κ2) is 3.81. The monoisotopic (exact) mass is 216 g/mol. The number of aromatic nitrogens is 1. The van der Waals surface area contributed by atoms with Gasteiger partial charge in [-0.25, -0.2) is 0 Å². The van der Waals surface area contributed by atoms with E-state index in [1.54, 1.807) is 16.8 Å². The Kier molecular flexibility index (Phi) is 2.48. The van der Waals surface area contributed by atoms with Crippen molar-refractivity contribution in [1.29, 1.82) is 0 Å². The summed E-state index contributed by atoms with van der Waals surface area (Å²) < 4.78 is 1.56. The molecule has 0 atom stereocenters. The number of hydrogen-bond donors (Lipinski definition) is 1. The zero-order valence-electron chi connectivity index (χ0n) is 9.15. The van der Waals surface area contributed by atoms with Crippen LogP contribution in [0.15, 0.2) is 30.5 Å². The molecular weight excluding hydrogens is 204 g/mol. The third kappa shape index (κ3) is 1.82. The SMILES string of the molecule is CC(=O)Nc1ccc2ccn(C(C)=O)c2c1. The standard InChI is InChI=1S/C12H12N2O2/c1-8(15)13-11-4-3-10-5-6-14(9(2)16)12(10)7-11/h3-7H,1-2H3,(H,13,15). The maximum atomic E-state index is 11.3. The highest BCUT2D eigenvalue weighted by atomic mass is 16.2. The fourth-order valence-corrected chi connectivity index (χ4v) is 1.68. The number of fused-ring (bicyclic) bond motifs is 1. The van der Waals surface area contributed by atoms with Gasteiger partial charge in [0, 0.05) is 31.1 Å². The lowest BCUT2D eigenvalue weighted by molar-refractivity contribution is -0.114. The van der Waals surface area contributed by atoms with Gasteiger partial charge in [-0.1, -0.05) is 6.07 Å². The average molecular weight is 216 g/mol. The number of carbonyl (C=O) groups excluding carboxylic acids is 2. The molecule has 0 fully saturated rings. The molecule has 0 saturated carbocycles. The highest BCUT2D eigenvalue weighted by Crippen LogP contribution is 2.20. The van der Waals surface area contributed by atoms with Crippen molar-refractivity contribution >= 4 is 28.4 Å². The Hall–Kier alpha value is -2.10. The van der Waals surface area contributed by atoms with E-state index in [1.807, 2.05) is 18.2 Å². The number of nitrogens with one attached hydrogen (secondary N) is 1. The van der Waals surface area contributed by atoms with Crippen molar-refractivity contribution in [3.63, 3.8) is 0 Å². The van der Waals surface area contributed by atoms with Crippen molar-refractivity contribution in [3.05, 3.63) is 30.5 Å². The molecule has 1 amide bonds.